The van der Waals surface area contributed by atoms with Gasteiger partial charge in [-0.2, -0.15) is 17.5 Å². The maximum Gasteiger partial charge on any atom is 0.416 e. The van der Waals surface area contributed by atoms with Crippen molar-refractivity contribution in [3.63, 3.8) is 0 Å². The van der Waals surface area contributed by atoms with Crippen LogP contribution in [0.1, 0.15) is 48.5 Å². The first-order chi connectivity index (χ1) is 18.0. The Morgan fingerprint density at radius 3 is 2.23 bits per heavy atom. The molecule has 1 aromatic carbocycles. The van der Waals surface area contributed by atoms with Crippen molar-refractivity contribution >= 4 is 27.5 Å². The first-order valence-corrected chi connectivity index (χ1v) is 14.0. The second-order valence-corrected chi connectivity index (χ2v) is 12.3. The molecule has 1 N–H and O–H groups in total. The van der Waals surface area contributed by atoms with Gasteiger partial charge < -0.3 is 5.32 Å². The van der Waals surface area contributed by atoms with E-state index in [4.69, 9.17) is 11.6 Å². The topological polar surface area (TPSA) is 100 Å². The Balaban J connectivity index is 1.52. The summed E-state index contributed by atoms with van der Waals surface area (Å²) in [6.07, 6.45) is -4.14. The highest BCUT2D eigenvalue weighted by Crippen LogP contribution is 2.44. The van der Waals surface area contributed by atoms with Gasteiger partial charge in [0, 0.05) is 57.6 Å². The van der Waals surface area contributed by atoms with Crippen LogP contribution < -0.4 is 5.32 Å². The number of carbonyl (C=O) groups is 1. The van der Waals surface area contributed by atoms with E-state index in [1.165, 1.54) is 15.2 Å². The molecule has 4 rings (SSSR count). The molecule has 1 amide bonds. The summed E-state index contributed by atoms with van der Waals surface area (Å²) in [4.78, 5) is 14.9. The third kappa shape index (κ3) is 6.05. The molecule has 216 valence electrons. The monoisotopic (exact) mass is 598 g/mol. The molecule has 1 unspecified atom stereocenters. The van der Waals surface area contributed by atoms with Crippen LogP contribution in [0.2, 0.25) is 5.02 Å². The lowest BCUT2D eigenvalue weighted by atomic mass is 9.73. The molecule has 1 aliphatic carbocycles. The van der Waals surface area contributed by atoms with Gasteiger partial charge in [0.1, 0.15) is 0 Å². The Bertz CT molecular complexity index is 1320. The molecular weight excluding hydrogens is 571 g/mol. The molecule has 0 bridgehead atoms. The number of nitrogens with one attached hydrogen (secondary N) is 1. The molecule has 1 saturated carbocycles. The van der Waals surface area contributed by atoms with Gasteiger partial charge in [-0.1, -0.05) is 16.8 Å². The van der Waals surface area contributed by atoms with E-state index in [1.54, 1.807) is 14.0 Å². The number of rotatable bonds is 6. The lowest BCUT2D eigenvalue weighted by Crippen LogP contribution is -2.67. The minimum Gasteiger partial charge on any atom is -0.348 e. The van der Waals surface area contributed by atoms with E-state index >= 15 is 0 Å². The molecular formula is C23H28ClF5N6O3S. The Kier molecular flexibility index (Phi) is 8.02. The molecule has 2 heterocycles. The quantitative estimate of drug-likeness (QED) is 0.511. The fourth-order valence-electron chi connectivity index (χ4n) is 5.31. The minimum absolute atomic E-state index is 0.0269. The highest BCUT2D eigenvalue weighted by Gasteiger charge is 2.51. The predicted octanol–water partition coefficient (Wildman–Crippen LogP) is 3.56. The predicted molar refractivity (Wildman–Crippen MR) is 131 cm³/mol. The number of sulfonamides is 1. The number of piperazine rings is 1. The van der Waals surface area contributed by atoms with Crippen LogP contribution in [-0.4, -0.2) is 82.2 Å². The number of benzene rings is 1. The maximum absolute atomic E-state index is 14.2. The molecule has 16 heteroatoms. The zero-order valence-electron chi connectivity index (χ0n) is 21.2. The van der Waals surface area contributed by atoms with E-state index in [-0.39, 0.29) is 54.6 Å². The van der Waals surface area contributed by atoms with E-state index in [9.17, 15) is 35.2 Å². The first kappa shape index (κ1) is 29.6. The van der Waals surface area contributed by atoms with Crippen LogP contribution in [0.3, 0.4) is 0 Å². The third-order valence-corrected chi connectivity index (χ3v) is 9.67. The molecule has 0 spiro atoms. The lowest BCUT2D eigenvalue weighted by Gasteiger charge is -2.53. The van der Waals surface area contributed by atoms with Gasteiger partial charge in [0.2, 0.25) is 10.9 Å². The molecule has 39 heavy (non-hydrogen) atoms. The van der Waals surface area contributed by atoms with Crippen molar-refractivity contribution in [3.05, 3.63) is 40.5 Å². The summed E-state index contributed by atoms with van der Waals surface area (Å²) < 4.78 is 95.8. The van der Waals surface area contributed by atoms with E-state index in [1.807, 2.05) is 4.90 Å². The van der Waals surface area contributed by atoms with Gasteiger partial charge in [-0.3, -0.25) is 14.4 Å². The van der Waals surface area contributed by atoms with Gasteiger partial charge in [0.05, 0.1) is 22.3 Å². The number of hydrogen-bond acceptors (Lipinski definition) is 6. The summed E-state index contributed by atoms with van der Waals surface area (Å²) >= 11 is 5.99. The van der Waals surface area contributed by atoms with Crippen molar-refractivity contribution in [2.24, 2.45) is 7.05 Å². The summed E-state index contributed by atoms with van der Waals surface area (Å²) in [5.41, 5.74) is -2.11. The van der Waals surface area contributed by atoms with Gasteiger partial charge in [0.25, 0.3) is 15.9 Å². The van der Waals surface area contributed by atoms with Crippen LogP contribution in [0, 0.1) is 0 Å². The van der Waals surface area contributed by atoms with Crippen molar-refractivity contribution < 1.29 is 35.2 Å². The largest absolute Gasteiger partial charge is 0.416 e. The van der Waals surface area contributed by atoms with Gasteiger partial charge in [-0.15, -0.1) is 5.10 Å². The Labute approximate surface area is 227 Å². The Hall–Kier alpha value is -2.36. The zero-order chi connectivity index (χ0) is 28.8. The number of aryl methyl sites for hydroxylation is 1. The summed E-state index contributed by atoms with van der Waals surface area (Å²) in [6, 6.07) is 1.68. The van der Waals surface area contributed by atoms with Gasteiger partial charge >= 0.3 is 6.18 Å². The van der Waals surface area contributed by atoms with Gasteiger partial charge in [-0.05, 0) is 38.0 Å². The summed E-state index contributed by atoms with van der Waals surface area (Å²) in [5, 5.41) is 9.52. The van der Waals surface area contributed by atoms with Crippen LogP contribution >= 0.6 is 11.6 Å². The lowest BCUT2D eigenvalue weighted by molar-refractivity contribution is -0.137. The number of nitrogens with zero attached hydrogens (tertiary/aromatic N) is 5. The van der Waals surface area contributed by atoms with Crippen LogP contribution in [-0.2, 0) is 23.2 Å². The van der Waals surface area contributed by atoms with Crippen LogP contribution in [0.4, 0.5) is 22.0 Å². The van der Waals surface area contributed by atoms with Crippen molar-refractivity contribution in [1.82, 2.24) is 29.5 Å². The number of alkyl halides is 5. The second-order valence-electron chi connectivity index (χ2n) is 9.97. The van der Waals surface area contributed by atoms with Crippen molar-refractivity contribution in [3.8, 4) is 0 Å². The molecule has 0 radical (unpaired) electrons. The smallest absolute Gasteiger partial charge is 0.348 e. The molecule has 1 saturated heterocycles. The van der Waals surface area contributed by atoms with Gasteiger partial charge in [0.15, 0.2) is 0 Å². The van der Waals surface area contributed by atoms with E-state index in [0.717, 1.165) is 12.1 Å². The second kappa shape index (κ2) is 10.6. The number of aromatic nitrogens is 3. The normalized spacial score (nSPS) is 21.4. The van der Waals surface area contributed by atoms with Crippen LogP contribution in [0.5, 0.6) is 0 Å². The standard InChI is InChI=1S/C23H28ClF5N6O3S/c1-15(30-20(36)17-4-3-16(13-18(17)24)23(27,28)29)21(5-7-22(25,26)8-6-21)34-9-11-35(12-10-34)39(37,38)19-14-33(2)32-31-19/h3-4,13-15H,5-12H2,1-2H3,(H,30,36). The highest BCUT2D eigenvalue weighted by atomic mass is 35.5. The molecule has 1 aromatic heterocycles. The molecule has 1 atom stereocenters. The third-order valence-electron chi connectivity index (χ3n) is 7.60. The average molecular weight is 599 g/mol. The Morgan fingerprint density at radius 1 is 1.10 bits per heavy atom. The van der Waals surface area contributed by atoms with E-state index in [2.05, 4.69) is 15.6 Å². The molecule has 1 aliphatic heterocycles. The van der Waals surface area contributed by atoms with E-state index in [0.29, 0.717) is 6.07 Å². The zero-order valence-corrected chi connectivity index (χ0v) is 22.8. The molecule has 2 aliphatic rings. The fourth-order valence-corrected chi connectivity index (χ4v) is 6.91. The average Bonchev–Trinajstić information content (AvgIpc) is 3.31. The number of carbonyl (C=O) groups excluding carboxylic acids is 1. The maximum atomic E-state index is 14.2. The highest BCUT2D eigenvalue weighted by molar-refractivity contribution is 7.89. The molecule has 2 aromatic rings. The van der Waals surface area contributed by atoms with Crippen molar-refractivity contribution in [2.75, 3.05) is 26.2 Å². The van der Waals surface area contributed by atoms with Crippen LogP contribution in [0.25, 0.3) is 0 Å². The summed E-state index contributed by atoms with van der Waals surface area (Å²) in [6.45, 7) is 2.23. The minimum atomic E-state index is -4.63. The Morgan fingerprint density at radius 2 is 1.72 bits per heavy atom. The van der Waals surface area contributed by atoms with E-state index < -0.39 is 58.0 Å². The van der Waals surface area contributed by atoms with Gasteiger partial charge in [-0.25, -0.2) is 17.2 Å². The summed E-state index contributed by atoms with van der Waals surface area (Å²) in [5.74, 6) is -3.61. The number of hydrogen-bond donors (Lipinski definition) is 1. The fraction of sp³-hybridized carbons (Fsp3) is 0.609. The molecule has 2 fully saturated rings. The molecule has 9 nitrogen and oxygen atoms in total. The summed E-state index contributed by atoms with van der Waals surface area (Å²) in [7, 11) is -2.36. The van der Waals surface area contributed by atoms with Crippen molar-refractivity contribution in [2.45, 2.75) is 61.3 Å². The number of amides is 1. The SMILES string of the molecule is CC(NC(=O)c1ccc(C(F)(F)F)cc1Cl)C1(N2CCN(S(=O)(=O)c3cn(C)nn3)CC2)CCC(F)(F)CC1. The van der Waals surface area contributed by atoms with Crippen molar-refractivity contribution in [1.29, 1.82) is 0 Å². The first-order valence-electron chi connectivity index (χ1n) is 12.2. The number of halogens is 6. The van der Waals surface area contributed by atoms with Crippen LogP contribution in [0.15, 0.2) is 29.4 Å².